The summed E-state index contributed by atoms with van der Waals surface area (Å²) < 4.78 is 9.50. The minimum absolute atomic E-state index is 0.228. The van der Waals surface area contributed by atoms with Gasteiger partial charge in [0.15, 0.2) is 0 Å². The van der Waals surface area contributed by atoms with Crippen LogP contribution in [0.1, 0.15) is 38.5 Å². The molecule has 1 aliphatic rings. The van der Waals surface area contributed by atoms with Crippen LogP contribution in [0.25, 0.3) is 0 Å². The smallest absolute Gasteiger partial charge is 0.306 e. The number of carbonyl (C=O) groups excluding carboxylic acids is 2. The van der Waals surface area contributed by atoms with Crippen LogP contribution in [0, 0.1) is 5.41 Å². The van der Waals surface area contributed by atoms with Gasteiger partial charge in [-0.3, -0.25) is 9.59 Å². The second-order valence-corrected chi connectivity index (χ2v) is 5.38. The summed E-state index contributed by atoms with van der Waals surface area (Å²) in [7, 11) is 2.78. The molecule has 0 N–H and O–H groups in total. The number of hydrogen-bond donors (Lipinski definition) is 0. The Hall–Kier alpha value is -1.84. The zero-order valence-electron chi connectivity index (χ0n) is 12.9. The van der Waals surface area contributed by atoms with Gasteiger partial charge in [-0.25, -0.2) is 0 Å². The topological polar surface area (TPSA) is 52.6 Å². The van der Waals surface area contributed by atoms with Crippen LogP contribution in [-0.4, -0.2) is 26.2 Å². The first-order valence-electron chi connectivity index (χ1n) is 7.14. The lowest BCUT2D eigenvalue weighted by atomic mass is 9.74. The van der Waals surface area contributed by atoms with E-state index in [4.69, 9.17) is 4.74 Å². The third-order valence-electron chi connectivity index (χ3n) is 4.12. The summed E-state index contributed by atoms with van der Waals surface area (Å²) in [6.07, 6.45) is 7.42. The van der Waals surface area contributed by atoms with E-state index >= 15 is 0 Å². The normalized spacial score (nSPS) is 23.1. The highest BCUT2D eigenvalue weighted by molar-refractivity contribution is 5.72. The van der Waals surface area contributed by atoms with E-state index in [2.05, 4.69) is 17.9 Å². The van der Waals surface area contributed by atoms with E-state index in [1.54, 1.807) is 6.08 Å². The van der Waals surface area contributed by atoms with Crippen molar-refractivity contribution in [2.75, 3.05) is 14.2 Å². The number of hydrogen-bond acceptors (Lipinski definition) is 4. The summed E-state index contributed by atoms with van der Waals surface area (Å²) in [6.45, 7) is 7.82. The molecule has 116 valence electrons. The first-order valence-corrected chi connectivity index (χ1v) is 7.14. The number of ether oxygens (including phenoxy) is 2. The molecule has 0 aliphatic heterocycles. The van der Waals surface area contributed by atoms with E-state index in [1.165, 1.54) is 14.2 Å². The molecule has 1 saturated carbocycles. The second kappa shape index (κ2) is 7.81. The molecular formula is C17H24O4. The molecule has 1 rings (SSSR count). The molecule has 0 aromatic rings. The molecule has 0 amide bonds. The van der Waals surface area contributed by atoms with E-state index in [9.17, 15) is 9.59 Å². The Morgan fingerprint density at radius 2 is 1.95 bits per heavy atom. The van der Waals surface area contributed by atoms with Gasteiger partial charge in [-0.1, -0.05) is 30.9 Å². The van der Waals surface area contributed by atoms with Gasteiger partial charge in [0, 0.05) is 11.8 Å². The summed E-state index contributed by atoms with van der Waals surface area (Å²) in [5.41, 5.74) is 1.80. The van der Waals surface area contributed by atoms with Crippen LogP contribution in [0.2, 0.25) is 0 Å². The lowest BCUT2D eigenvalue weighted by Crippen LogP contribution is -2.24. The maximum absolute atomic E-state index is 11.8. The highest BCUT2D eigenvalue weighted by atomic mass is 16.5. The number of allylic oxidation sites excluding steroid dienone is 4. The van der Waals surface area contributed by atoms with Gasteiger partial charge in [0.1, 0.15) is 0 Å². The lowest BCUT2D eigenvalue weighted by molar-refractivity contribution is -0.142. The molecule has 4 nitrogen and oxygen atoms in total. The Morgan fingerprint density at radius 3 is 2.52 bits per heavy atom. The quantitative estimate of drug-likeness (QED) is 0.675. The Labute approximate surface area is 126 Å². The number of carbonyl (C=O) groups is 2. The third kappa shape index (κ3) is 4.31. The van der Waals surface area contributed by atoms with Crippen LogP contribution in [0.4, 0.5) is 0 Å². The molecule has 4 heteroatoms. The Kier molecular flexibility index (Phi) is 6.40. The van der Waals surface area contributed by atoms with Gasteiger partial charge in [0.2, 0.25) is 0 Å². The molecule has 0 spiro atoms. The zero-order chi connectivity index (χ0) is 15.9. The fourth-order valence-corrected chi connectivity index (χ4v) is 3.00. The molecule has 21 heavy (non-hydrogen) atoms. The maximum Gasteiger partial charge on any atom is 0.306 e. The van der Waals surface area contributed by atoms with Crippen LogP contribution in [0.3, 0.4) is 0 Å². The average molecular weight is 292 g/mol. The monoisotopic (exact) mass is 292 g/mol. The van der Waals surface area contributed by atoms with Crippen molar-refractivity contribution in [3.05, 3.63) is 36.5 Å². The SMILES string of the molecule is C=C/C=C1\C(=C)CCC1(CCCC(=O)OC)CC(=O)OC. The van der Waals surface area contributed by atoms with Gasteiger partial charge in [0.05, 0.1) is 20.6 Å². The molecule has 0 radical (unpaired) electrons. The van der Waals surface area contributed by atoms with Crippen molar-refractivity contribution < 1.29 is 19.1 Å². The van der Waals surface area contributed by atoms with Crippen LogP contribution < -0.4 is 0 Å². The number of methoxy groups -OCH3 is 2. The second-order valence-electron chi connectivity index (χ2n) is 5.38. The lowest BCUT2D eigenvalue weighted by Gasteiger charge is -2.30. The fourth-order valence-electron chi connectivity index (χ4n) is 3.00. The van der Waals surface area contributed by atoms with Crippen molar-refractivity contribution in [3.8, 4) is 0 Å². The molecule has 0 heterocycles. The molecule has 1 unspecified atom stereocenters. The third-order valence-corrected chi connectivity index (χ3v) is 4.12. The highest BCUT2D eigenvalue weighted by Gasteiger charge is 2.41. The Bertz CT molecular complexity index is 461. The zero-order valence-corrected chi connectivity index (χ0v) is 12.9. The number of rotatable bonds is 7. The first kappa shape index (κ1) is 17.2. The molecular weight excluding hydrogens is 268 g/mol. The van der Waals surface area contributed by atoms with Gasteiger partial charge in [-0.05, 0) is 31.3 Å². The fraction of sp³-hybridized carbons (Fsp3) is 0.529. The predicted octanol–water partition coefficient (Wildman–Crippen LogP) is 3.34. The molecule has 0 aromatic heterocycles. The number of esters is 2. The molecule has 0 saturated heterocycles. The molecule has 1 fully saturated rings. The standard InChI is InChI=1S/C17H24O4/c1-5-7-14-13(2)9-11-17(14,12-16(19)21-4)10-6-8-15(18)20-3/h5,7H,1-2,6,8-12H2,3-4H3/b14-7+. The van der Waals surface area contributed by atoms with Crippen molar-refractivity contribution in [3.63, 3.8) is 0 Å². The summed E-state index contributed by atoms with van der Waals surface area (Å²) in [5.74, 6) is -0.466. The van der Waals surface area contributed by atoms with E-state index in [0.29, 0.717) is 19.3 Å². The van der Waals surface area contributed by atoms with Crippen LogP contribution >= 0.6 is 0 Å². The maximum atomic E-state index is 11.8. The van der Waals surface area contributed by atoms with Crippen LogP contribution in [-0.2, 0) is 19.1 Å². The van der Waals surface area contributed by atoms with Crippen molar-refractivity contribution in [1.82, 2.24) is 0 Å². The summed E-state index contributed by atoms with van der Waals surface area (Å²) in [6, 6.07) is 0. The minimum atomic E-state index is -0.299. The predicted molar refractivity (Wildman–Crippen MR) is 81.6 cm³/mol. The summed E-state index contributed by atoms with van der Waals surface area (Å²) >= 11 is 0. The van der Waals surface area contributed by atoms with E-state index in [-0.39, 0.29) is 17.4 Å². The van der Waals surface area contributed by atoms with Gasteiger partial charge in [0.25, 0.3) is 0 Å². The molecule has 0 bridgehead atoms. The molecule has 1 aliphatic carbocycles. The summed E-state index contributed by atoms with van der Waals surface area (Å²) in [4.78, 5) is 23.1. The minimum Gasteiger partial charge on any atom is -0.469 e. The van der Waals surface area contributed by atoms with E-state index < -0.39 is 0 Å². The summed E-state index contributed by atoms with van der Waals surface area (Å²) in [5, 5.41) is 0. The van der Waals surface area contributed by atoms with Crippen molar-refractivity contribution >= 4 is 11.9 Å². The molecule has 1 atom stereocenters. The molecule has 0 aromatic carbocycles. The van der Waals surface area contributed by atoms with E-state index in [1.807, 2.05) is 6.08 Å². The van der Waals surface area contributed by atoms with E-state index in [0.717, 1.165) is 30.4 Å². The Balaban J connectivity index is 2.92. The first-order chi connectivity index (χ1) is 9.99. The van der Waals surface area contributed by atoms with Gasteiger partial charge in [-0.2, -0.15) is 0 Å². The van der Waals surface area contributed by atoms with Crippen molar-refractivity contribution in [1.29, 1.82) is 0 Å². The largest absolute Gasteiger partial charge is 0.469 e. The highest BCUT2D eigenvalue weighted by Crippen LogP contribution is 2.51. The van der Waals surface area contributed by atoms with Gasteiger partial charge >= 0.3 is 11.9 Å². The van der Waals surface area contributed by atoms with Crippen molar-refractivity contribution in [2.24, 2.45) is 5.41 Å². The van der Waals surface area contributed by atoms with Crippen molar-refractivity contribution in [2.45, 2.75) is 38.5 Å². The van der Waals surface area contributed by atoms with Gasteiger partial charge < -0.3 is 9.47 Å². The van der Waals surface area contributed by atoms with Gasteiger partial charge in [-0.15, -0.1) is 0 Å². The average Bonchev–Trinajstić information content (AvgIpc) is 2.77. The van der Waals surface area contributed by atoms with Crippen LogP contribution in [0.5, 0.6) is 0 Å². The van der Waals surface area contributed by atoms with Crippen LogP contribution in [0.15, 0.2) is 36.5 Å². The Morgan fingerprint density at radius 1 is 1.29 bits per heavy atom.